The van der Waals surface area contributed by atoms with Crippen molar-refractivity contribution in [2.75, 3.05) is 6.61 Å². The first-order chi connectivity index (χ1) is 8.84. The highest BCUT2D eigenvalue weighted by Crippen LogP contribution is 2.36. The van der Waals surface area contributed by atoms with E-state index in [2.05, 4.69) is 5.43 Å². The summed E-state index contributed by atoms with van der Waals surface area (Å²) in [6, 6.07) is 1.62. The van der Waals surface area contributed by atoms with Crippen LogP contribution in [0.15, 0.2) is 12.1 Å². The minimum atomic E-state index is -1.18. The molecule has 0 fully saturated rings. The van der Waals surface area contributed by atoms with Crippen LogP contribution < -0.4 is 17.0 Å². The number of hydrazine groups is 1. The average molecular weight is 275 g/mol. The van der Waals surface area contributed by atoms with Crippen LogP contribution in [0.5, 0.6) is 17.2 Å². The second kappa shape index (κ2) is 8.11. The predicted octanol–water partition coefficient (Wildman–Crippen LogP) is -1.84. The monoisotopic (exact) mass is 275 g/mol. The third-order valence-electron chi connectivity index (χ3n) is 2.02. The summed E-state index contributed by atoms with van der Waals surface area (Å²) in [5.74, 6) is 2.60. The number of carbonyl (C=O) groups is 1. The number of aliphatic hydroxyl groups excluding tert-OH is 1. The first-order valence-electron chi connectivity index (χ1n) is 5.10. The molecule has 0 unspecified atom stereocenters. The molecule has 0 saturated heterocycles. The molecule has 10 N–H and O–H groups in total. The van der Waals surface area contributed by atoms with Crippen LogP contribution in [0, 0.1) is 0 Å². The lowest BCUT2D eigenvalue weighted by Gasteiger charge is -2.05. The van der Waals surface area contributed by atoms with Crippen molar-refractivity contribution in [1.29, 1.82) is 0 Å². The lowest BCUT2D eigenvalue weighted by molar-refractivity contribution is -0.139. The van der Waals surface area contributed by atoms with E-state index in [-0.39, 0.29) is 18.0 Å². The van der Waals surface area contributed by atoms with Crippen LogP contribution in [0.2, 0.25) is 0 Å². The number of hydrogen-bond donors (Lipinski definition) is 8. The molecule has 0 aliphatic carbocycles. The molecule has 1 aromatic rings. The number of aliphatic hydroxyl groups is 1. The summed E-state index contributed by atoms with van der Waals surface area (Å²) < 4.78 is 0. The van der Waals surface area contributed by atoms with Gasteiger partial charge in [0.1, 0.15) is 6.04 Å². The van der Waals surface area contributed by atoms with Crippen molar-refractivity contribution in [3.63, 3.8) is 0 Å². The normalized spacial score (nSPS) is 11.3. The zero-order chi connectivity index (χ0) is 15.0. The molecule has 19 heavy (non-hydrogen) atoms. The molecule has 108 valence electrons. The van der Waals surface area contributed by atoms with Gasteiger partial charge in [0.2, 0.25) is 5.75 Å². The van der Waals surface area contributed by atoms with Gasteiger partial charge in [0.25, 0.3) is 0 Å². The van der Waals surface area contributed by atoms with Crippen LogP contribution in [-0.4, -0.2) is 44.2 Å². The average Bonchev–Trinajstić information content (AvgIpc) is 2.39. The van der Waals surface area contributed by atoms with Gasteiger partial charge in [-0.2, -0.15) is 0 Å². The zero-order valence-electron chi connectivity index (χ0n) is 9.95. The Bertz CT molecular complexity index is 426. The number of nitrogens with one attached hydrogen (secondary N) is 1. The van der Waals surface area contributed by atoms with Gasteiger partial charge in [-0.05, 0) is 6.07 Å². The Balaban J connectivity index is 0.000000399. The van der Waals surface area contributed by atoms with Gasteiger partial charge < -0.3 is 31.3 Å². The quantitative estimate of drug-likeness (QED) is 0.178. The van der Waals surface area contributed by atoms with Crippen molar-refractivity contribution >= 4 is 5.97 Å². The summed E-state index contributed by atoms with van der Waals surface area (Å²) in [4.78, 5) is 9.65. The number of nitrogens with two attached hydrogens (primary N) is 2. The number of phenols is 3. The first-order valence-corrected chi connectivity index (χ1v) is 5.10. The van der Waals surface area contributed by atoms with Gasteiger partial charge in [0.05, 0.1) is 6.61 Å². The SMILES string of the molecule is NNCc1ccc(O)c(O)c1O.N[C@@H](CO)C(=O)O. The highest BCUT2D eigenvalue weighted by atomic mass is 16.4. The number of aliphatic carboxylic acids is 1. The van der Waals surface area contributed by atoms with Gasteiger partial charge >= 0.3 is 5.97 Å². The maximum atomic E-state index is 9.65. The second-order valence-electron chi connectivity index (χ2n) is 3.45. The van der Waals surface area contributed by atoms with Gasteiger partial charge in [-0.25, -0.2) is 0 Å². The van der Waals surface area contributed by atoms with Gasteiger partial charge in [-0.3, -0.25) is 16.1 Å². The smallest absolute Gasteiger partial charge is 0.322 e. The van der Waals surface area contributed by atoms with Gasteiger partial charge in [-0.1, -0.05) is 6.07 Å². The number of carboxylic acid groups (broad SMARTS) is 1. The lowest BCUT2D eigenvalue weighted by atomic mass is 10.2. The van der Waals surface area contributed by atoms with Gasteiger partial charge in [0.15, 0.2) is 11.5 Å². The highest BCUT2D eigenvalue weighted by Gasteiger charge is 2.09. The topological polar surface area (TPSA) is 182 Å². The molecule has 0 aliphatic heterocycles. The molecule has 1 aromatic carbocycles. The molecule has 1 rings (SSSR count). The van der Waals surface area contributed by atoms with Gasteiger partial charge in [-0.15, -0.1) is 0 Å². The molecule has 0 aromatic heterocycles. The molecule has 0 saturated carbocycles. The first kappa shape index (κ1) is 16.9. The fourth-order valence-corrected chi connectivity index (χ4v) is 0.941. The van der Waals surface area contributed by atoms with Crippen molar-refractivity contribution in [2.24, 2.45) is 11.6 Å². The maximum Gasteiger partial charge on any atom is 0.322 e. The Morgan fingerprint density at radius 1 is 1.26 bits per heavy atom. The number of aromatic hydroxyl groups is 3. The van der Waals surface area contributed by atoms with E-state index in [1.807, 2.05) is 0 Å². The van der Waals surface area contributed by atoms with Crippen molar-refractivity contribution in [2.45, 2.75) is 12.6 Å². The van der Waals surface area contributed by atoms with Crippen molar-refractivity contribution in [3.8, 4) is 17.2 Å². The Labute approximate surface area is 108 Å². The van der Waals surface area contributed by atoms with Crippen LogP contribution in [0.4, 0.5) is 0 Å². The van der Waals surface area contributed by atoms with Crippen LogP contribution >= 0.6 is 0 Å². The van der Waals surface area contributed by atoms with E-state index in [4.69, 9.17) is 32.0 Å². The molecular formula is C10H17N3O6. The standard InChI is InChI=1S/C7H10N2O3.C3H7NO3/c8-9-3-4-1-2-5(10)7(12)6(4)11;4-2(1-5)3(6)7/h1-2,9-12H,3,8H2;2,5H,1,4H2,(H,6,7)/t;2-/m.0/s1. The van der Waals surface area contributed by atoms with Crippen LogP contribution in [0.1, 0.15) is 5.56 Å². The predicted molar refractivity (Wildman–Crippen MR) is 65.2 cm³/mol. The Hall–Kier alpha value is -2.07. The third-order valence-corrected chi connectivity index (χ3v) is 2.02. The summed E-state index contributed by atoms with van der Waals surface area (Å²) in [6.07, 6.45) is 0. The fourth-order valence-electron chi connectivity index (χ4n) is 0.941. The van der Waals surface area contributed by atoms with E-state index in [1.54, 1.807) is 0 Å². The Morgan fingerprint density at radius 3 is 2.21 bits per heavy atom. The number of hydrogen-bond acceptors (Lipinski definition) is 8. The summed E-state index contributed by atoms with van der Waals surface area (Å²) in [5, 5.41) is 43.1. The summed E-state index contributed by atoms with van der Waals surface area (Å²) >= 11 is 0. The van der Waals surface area contributed by atoms with Crippen molar-refractivity contribution in [3.05, 3.63) is 17.7 Å². The van der Waals surface area contributed by atoms with Gasteiger partial charge in [0, 0.05) is 12.1 Å². The molecule has 1 atom stereocenters. The Kier molecular flexibility index (Phi) is 7.22. The second-order valence-corrected chi connectivity index (χ2v) is 3.45. The molecule has 0 aliphatic rings. The van der Waals surface area contributed by atoms with Crippen LogP contribution in [0.3, 0.4) is 0 Å². The molecule has 0 bridgehead atoms. The number of benzene rings is 1. The molecule has 0 spiro atoms. The highest BCUT2D eigenvalue weighted by molar-refractivity contribution is 5.73. The van der Waals surface area contributed by atoms with Crippen LogP contribution in [0.25, 0.3) is 0 Å². The maximum absolute atomic E-state index is 9.65. The zero-order valence-corrected chi connectivity index (χ0v) is 9.95. The number of carboxylic acids is 1. The molecule has 0 heterocycles. The fraction of sp³-hybridized carbons (Fsp3) is 0.300. The van der Waals surface area contributed by atoms with Crippen molar-refractivity contribution in [1.82, 2.24) is 5.43 Å². The molecule has 9 nitrogen and oxygen atoms in total. The van der Waals surface area contributed by atoms with E-state index >= 15 is 0 Å². The molecule has 0 radical (unpaired) electrons. The summed E-state index contributed by atoms with van der Waals surface area (Å²) in [7, 11) is 0. The lowest BCUT2D eigenvalue weighted by Crippen LogP contribution is -2.33. The van der Waals surface area contributed by atoms with E-state index < -0.39 is 24.4 Å². The Morgan fingerprint density at radius 2 is 1.84 bits per heavy atom. The van der Waals surface area contributed by atoms with E-state index in [0.29, 0.717) is 5.56 Å². The van der Waals surface area contributed by atoms with E-state index in [1.165, 1.54) is 12.1 Å². The molecule has 9 heteroatoms. The number of rotatable bonds is 4. The van der Waals surface area contributed by atoms with E-state index in [9.17, 15) is 9.90 Å². The molecular weight excluding hydrogens is 258 g/mol. The minimum absolute atomic E-state index is 0.222. The largest absolute Gasteiger partial charge is 0.504 e. The van der Waals surface area contributed by atoms with Crippen molar-refractivity contribution < 1.29 is 30.3 Å². The molecule has 0 amide bonds. The minimum Gasteiger partial charge on any atom is -0.504 e. The number of phenolic OH excluding ortho intramolecular Hbond substituents is 3. The summed E-state index contributed by atoms with van der Waals surface area (Å²) in [6.45, 7) is -0.283. The van der Waals surface area contributed by atoms with E-state index in [0.717, 1.165) is 0 Å². The third kappa shape index (κ3) is 5.40. The van der Waals surface area contributed by atoms with Crippen LogP contribution in [-0.2, 0) is 11.3 Å². The summed E-state index contributed by atoms with van der Waals surface area (Å²) in [5.41, 5.74) is 7.51.